The second kappa shape index (κ2) is 6.56. The number of carbonyl (C=O) groups is 1. The molecule has 0 spiro atoms. The highest BCUT2D eigenvalue weighted by molar-refractivity contribution is 6.41. The third-order valence-electron chi connectivity index (χ3n) is 3.84. The molecule has 1 N–H and O–H groups in total. The second-order valence-electron chi connectivity index (χ2n) is 7.65. The number of fused-ring (bicyclic) bond motifs is 1. The minimum atomic E-state index is -4.50. The highest BCUT2D eigenvalue weighted by atomic mass is 35.5. The number of rotatable bonds is 3. The van der Waals surface area contributed by atoms with Gasteiger partial charge in [-0.25, -0.2) is 9.97 Å². The van der Waals surface area contributed by atoms with Crippen LogP contribution < -0.4 is 5.32 Å². The number of imidazole rings is 1. The van der Waals surface area contributed by atoms with Gasteiger partial charge in [0.1, 0.15) is 10.7 Å². The lowest BCUT2D eigenvalue weighted by Crippen LogP contribution is -2.36. The average Bonchev–Trinajstić information content (AvgIpc) is 2.73. The SMILES string of the molecule is CC(C)(C)n1c(NC(=O)CC(C)(C)C(F)(F)F)nc2cc(Cl)c(Cl)nc21. The number of hydrogen-bond acceptors (Lipinski definition) is 3. The van der Waals surface area contributed by atoms with Crippen molar-refractivity contribution in [1.82, 2.24) is 14.5 Å². The fourth-order valence-corrected chi connectivity index (χ4v) is 2.63. The lowest BCUT2D eigenvalue weighted by Gasteiger charge is -2.27. The molecule has 0 saturated carbocycles. The number of aromatic nitrogens is 3. The lowest BCUT2D eigenvalue weighted by atomic mass is 9.88. The molecule has 2 aromatic heterocycles. The van der Waals surface area contributed by atoms with E-state index >= 15 is 0 Å². The molecule has 0 radical (unpaired) electrons. The van der Waals surface area contributed by atoms with E-state index in [4.69, 9.17) is 23.2 Å². The zero-order valence-electron chi connectivity index (χ0n) is 14.9. The summed E-state index contributed by atoms with van der Waals surface area (Å²) in [6, 6.07) is 1.49. The number of halogens is 5. The molecule has 0 bridgehead atoms. The van der Waals surface area contributed by atoms with E-state index in [1.54, 1.807) is 4.57 Å². The minimum absolute atomic E-state index is 0.0700. The number of nitrogens with zero attached hydrogens (tertiary/aromatic N) is 3. The molecule has 5 nitrogen and oxygen atoms in total. The van der Waals surface area contributed by atoms with Crippen LogP contribution in [0.4, 0.5) is 19.1 Å². The third-order valence-corrected chi connectivity index (χ3v) is 4.51. The molecule has 1 amide bonds. The maximum Gasteiger partial charge on any atom is 0.394 e. The van der Waals surface area contributed by atoms with Crippen LogP contribution in [0.25, 0.3) is 11.2 Å². The topological polar surface area (TPSA) is 59.8 Å². The first-order valence-electron chi connectivity index (χ1n) is 7.75. The molecule has 0 aliphatic carbocycles. The molecule has 0 aliphatic heterocycles. The summed E-state index contributed by atoms with van der Waals surface area (Å²) < 4.78 is 40.7. The summed E-state index contributed by atoms with van der Waals surface area (Å²) in [7, 11) is 0. The summed E-state index contributed by atoms with van der Waals surface area (Å²) in [4.78, 5) is 20.7. The van der Waals surface area contributed by atoms with E-state index in [0.717, 1.165) is 13.8 Å². The Hall–Kier alpha value is -1.54. The summed E-state index contributed by atoms with van der Waals surface area (Å²) >= 11 is 11.9. The van der Waals surface area contributed by atoms with Gasteiger partial charge in [-0.15, -0.1) is 0 Å². The Balaban J connectivity index is 2.45. The third kappa shape index (κ3) is 4.06. The Morgan fingerprint density at radius 1 is 1.15 bits per heavy atom. The van der Waals surface area contributed by atoms with Gasteiger partial charge < -0.3 is 0 Å². The number of carbonyl (C=O) groups excluding carboxylic acids is 1. The molecule has 0 atom stereocenters. The van der Waals surface area contributed by atoms with E-state index in [1.165, 1.54) is 6.07 Å². The van der Waals surface area contributed by atoms with Crippen molar-refractivity contribution in [1.29, 1.82) is 0 Å². The summed E-state index contributed by atoms with van der Waals surface area (Å²) in [5.74, 6) is -0.716. The van der Waals surface area contributed by atoms with Crippen LogP contribution in [-0.4, -0.2) is 26.6 Å². The maximum atomic E-state index is 13.0. The smallest absolute Gasteiger partial charge is 0.296 e. The molecule has 0 unspecified atom stereocenters. The molecule has 0 aromatic carbocycles. The van der Waals surface area contributed by atoms with Crippen molar-refractivity contribution in [2.45, 2.75) is 52.8 Å². The Bertz CT molecular complexity index is 854. The van der Waals surface area contributed by atoms with Gasteiger partial charge in [-0.05, 0) is 26.8 Å². The predicted molar refractivity (Wildman–Crippen MR) is 95.6 cm³/mol. The first-order valence-corrected chi connectivity index (χ1v) is 8.50. The normalized spacial score (nSPS) is 13.3. The molecule has 0 saturated heterocycles. The number of pyridine rings is 1. The summed E-state index contributed by atoms with van der Waals surface area (Å²) in [5.41, 5.74) is -1.99. The quantitative estimate of drug-likeness (QED) is 0.687. The summed E-state index contributed by atoms with van der Waals surface area (Å²) in [5, 5.41) is 2.72. The van der Waals surface area contributed by atoms with Gasteiger partial charge in [0.05, 0.1) is 10.4 Å². The van der Waals surface area contributed by atoms with Gasteiger partial charge in [0.15, 0.2) is 5.65 Å². The van der Waals surface area contributed by atoms with E-state index in [9.17, 15) is 18.0 Å². The van der Waals surface area contributed by atoms with Crippen LogP contribution in [0.3, 0.4) is 0 Å². The summed E-state index contributed by atoms with van der Waals surface area (Å²) in [6.07, 6.45) is -5.24. The van der Waals surface area contributed by atoms with E-state index in [-0.39, 0.29) is 16.1 Å². The fourth-order valence-electron chi connectivity index (χ4n) is 2.35. The molecule has 144 valence electrons. The molecular weight excluding hydrogens is 392 g/mol. The van der Waals surface area contributed by atoms with Crippen molar-refractivity contribution < 1.29 is 18.0 Å². The number of hydrogen-bond donors (Lipinski definition) is 1. The minimum Gasteiger partial charge on any atom is -0.296 e. The van der Waals surface area contributed by atoms with Gasteiger partial charge in [0, 0.05) is 12.0 Å². The van der Waals surface area contributed by atoms with Crippen LogP contribution in [-0.2, 0) is 10.3 Å². The first kappa shape index (κ1) is 20.8. The van der Waals surface area contributed by atoms with Crippen LogP contribution in [0.2, 0.25) is 10.2 Å². The molecule has 0 fully saturated rings. The Labute approximate surface area is 158 Å². The molecule has 2 rings (SSSR count). The number of amides is 1. The lowest BCUT2D eigenvalue weighted by molar-refractivity contribution is -0.213. The standard InChI is InChI=1S/C16H19Cl2F3N4O/c1-14(2,3)25-12-9(6-8(17)11(18)24-12)22-13(25)23-10(26)7-15(4,5)16(19,20)21/h6H,7H2,1-5H3,(H,22,23,26). The highest BCUT2D eigenvalue weighted by Crippen LogP contribution is 2.40. The molecule has 10 heteroatoms. The number of alkyl halides is 3. The fraction of sp³-hybridized carbons (Fsp3) is 0.562. The molecular formula is C16H19Cl2F3N4O. The van der Waals surface area contributed by atoms with E-state index < -0.39 is 29.5 Å². The largest absolute Gasteiger partial charge is 0.394 e. The maximum absolute atomic E-state index is 13.0. The zero-order valence-corrected chi connectivity index (χ0v) is 16.4. The highest BCUT2D eigenvalue weighted by Gasteiger charge is 2.48. The van der Waals surface area contributed by atoms with Crippen molar-refractivity contribution in [3.8, 4) is 0 Å². The summed E-state index contributed by atoms with van der Waals surface area (Å²) in [6.45, 7) is 7.47. The Kier molecular flexibility index (Phi) is 5.24. The van der Waals surface area contributed by atoms with Gasteiger partial charge >= 0.3 is 6.18 Å². The average molecular weight is 411 g/mol. The van der Waals surface area contributed by atoms with Crippen LogP contribution in [0.1, 0.15) is 41.0 Å². The van der Waals surface area contributed by atoms with E-state index in [0.29, 0.717) is 11.2 Å². The van der Waals surface area contributed by atoms with Crippen LogP contribution >= 0.6 is 23.2 Å². The van der Waals surface area contributed by atoms with Gasteiger partial charge in [-0.2, -0.15) is 13.2 Å². The number of anilines is 1. The van der Waals surface area contributed by atoms with Crippen molar-refractivity contribution in [3.63, 3.8) is 0 Å². The van der Waals surface area contributed by atoms with Crippen LogP contribution in [0.5, 0.6) is 0 Å². The van der Waals surface area contributed by atoms with Gasteiger partial charge in [-0.1, -0.05) is 37.0 Å². The van der Waals surface area contributed by atoms with Crippen LogP contribution in [0, 0.1) is 5.41 Å². The Morgan fingerprint density at radius 3 is 2.23 bits per heavy atom. The van der Waals surface area contributed by atoms with E-state index in [1.807, 2.05) is 20.8 Å². The molecule has 2 heterocycles. The van der Waals surface area contributed by atoms with Crippen molar-refractivity contribution in [2.75, 3.05) is 5.32 Å². The van der Waals surface area contributed by atoms with Gasteiger partial charge in [-0.3, -0.25) is 14.7 Å². The second-order valence-corrected chi connectivity index (χ2v) is 8.42. The first-order chi connectivity index (χ1) is 11.6. The number of nitrogens with one attached hydrogen (secondary N) is 1. The molecule has 2 aromatic rings. The monoisotopic (exact) mass is 410 g/mol. The molecule has 26 heavy (non-hydrogen) atoms. The predicted octanol–water partition coefficient (Wildman–Crippen LogP) is 5.41. The Morgan fingerprint density at radius 2 is 1.73 bits per heavy atom. The zero-order chi connectivity index (χ0) is 20.1. The van der Waals surface area contributed by atoms with Crippen molar-refractivity contribution in [3.05, 3.63) is 16.2 Å². The van der Waals surface area contributed by atoms with Gasteiger partial charge in [0.2, 0.25) is 11.9 Å². The van der Waals surface area contributed by atoms with Gasteiger partial charge in [0.25, 0.3) is 0 Å². The van der Waals surface area contributed by atoms with Crippen molar-refractivity contribution >= 4 is 46.2 Å². The molecule has 0 aliphatic rings. The van der Waals surface area contributed by atoms with Crippen molar-refractivity contribution in [2.24, 2.45) is 5.41 Å². The van der Waals surface area contributed by atoms with Crippen LogP contribution in [0.15, 0.2) is 6.07 Å². The van der Waals surface area contributed by atoms with E-state index in [2.05, 4.69) is 15.3 Å².